The van der Waals surface area contributed by atoms with Crippen LogP contribution in [0, 0.1) is 6.92 Å². The van der Waals surface area contributed by atoms with Crippen LogP contribution in [0.5, 0.6) is 0 Å². The lowest BCUT2D eigenvalue weighted by atomic mass is 10.1. The van der Waals surface area contributed by atoms with Crippen LogP contribution in [0.2, 0.25) is 5.02 Å². The molecule has 0 unspecified atom stereocenters. The SMILES string of the molecule is Cc1ccc(-n2nnc(C(=O)NCCCc3ccccc3)c2CSc2ncccn2)cc1Cl. The minimum Gasteiger partial charge on any atom is -0.351 e. The first-order valence-corrected chi connectivity index (χ1v) is 11.9. The molecule has 1 amide bonds. The fraction of sp³-hybridized carbons (Fsp3) is 0.208. The molecule has 2 aromatic carbocycles. The fourth-order valence-electron chi connectivity index (χ4n) is 3.24. The molecule has 2 aromatic heterocycles. The van der Waals surface area contributed by atoms with E-state index in [1.165, 1.54) is 17.3 Å². The van der Waals surface area contributed by atoms with Crippen LogP contribution in [-0.2, 0) is 12.2 Å². The van der Waals surface area contributed by atoms with Gasteiger partial charge in [-0.05, 0) is 49.1 Å². The zero-order chi connectivity index (χ0) is 23.0. The van der Waals surface area contributed by atoms with Crippen LogP contribution >= 0.6 is 23.4 Å². The molecule has 33 heavy (non-hydrogen) atoms. The summed E-state index contributed by atoms with van der Waals surface area (Å²) in [5.74, 6) is 0.173. The number of rotatable bonds is 9. The Labute approximate surface area is 201 Å². The Hall–Kier alpha value is -3.23. The van der Waals surface area contributed by atoms with Gasteiger partial charge in [-0.1, -0.05) is 65.0 Å². The molecule has 0 saturated heterocycles. The fourth-order valence-corrected chi connectivity index (χ4v) is 4.21. The highest BCUT2D eigenvalue weighted by molar-refractivity contribution is 7.98. The Morgan fingerprint density at radius 2 is 1.88 bits per heavy atom. The van der Waals surface area contributed by atoms with Crippen LogP contribution in [0.25, 0.3) is 5.69 Å². The van der Waals surface area contributed by atoms with E-state index in [4.69, 9.17) is 11.6 Å². The second-order valence-corrected chi connectivity index (χ2v) is 8.74. The molecule has 168 valence electrons. The number of hydrogen-bond acceptors (Lipinski definition) is 6. The minimum absolute atomic E-state index is 0.253. The van der Waals surface area contributed by atoms with E-state index in [2.05, 4.69) is 37.7 Å². The van der Waals surface area contributed by atoms with Gasteiger partial charge in [0.2, 0.25) is 0 Å². The van der Waals surface area contributed by atoms with E-state index >= 15 is 0 Å². The summed E-state index contributed by atoms with van der Waals surface area (Å²) in [6, 6.07) is 17.6. The van der Waals surface area contributed by atoms with Gasteiger partial charge in [0.05, 0.1) is 11.4 Å². The summed E-state index contributed by atoms with van der Waals surface area (Å²) >= 11 is 7.74. The first-order chi connectivity index (χ1) is 16.1. The van der Waals surface area contributed by atoms with Gasteiger partial charge in [0.25, 0.3) is 5.91 Å². The minimum atomic E-state index is -0.253. The lowest BCUT2D eigenvalue weighted by Gasteiger charge is -2.09. The number of thioether (sulfide) groups is 1. The van der Waals surface area contributed by atoms with E-state index in [1.54, 1.807) is 23.1 Å². The predicted octanol–water partition coefficient (Wildman–Crippen LogP) is 4.67. The van der Waals surface area contributed by atoms with Gasteiger partial charge in [-0.25, -0.2) is 14.6 Å². The topological polar surface area (TPSA) is 85.6 Å². The van der Waals surface area contributed by atoms with Crippen molar-refractivity contribution in [2.24, 2.45) is 0 Å². The van der Waals surface area contributed by atoms with Crippen molar-refractivity contribution in [3.05, 3.63) is 94.5 Å². The number of nitrogens with zero attached hydrogens (tertiary/aromatic N) is 5. The van der Waals surface area contributed by atoms with Crippen LogP contribution in [0.3, 0.4) is 0 Å². The first-order valence-electron chi connectivity index (χ1n) is 10.5. The van der Waals surface area contributed by atoms with Crippen molar-refractivity contribution in [3.8, 4) is 5.69 Å². The van der Waals surface area contributed by atoms with Crippen molar-refractivity contribution in [3.63, 3.8) is 0 Å². The molecule has 1 N–H and O–H groups in total. The Balaban J connectivity index is 1.51. The molecule has 4 rings (SSSR count). The standard InChI is InChI=1S/C24H23ClN6OS/c1-17-10-11-19(15-20(17)25)31-21(16-33-24-27-13-6-14-28-24)22(29-30-31)23(32)26-12-5-9-18-7-3-2-4-8-18/h2-4,6-8,10-11,13-15H,5,9,12,16H2,1H3,(H,26,32). The van der Waals surface area contributed by atoms with E-state index in [1.807, 2.05) is 43.3 Å². The third-order valence-corrected chi connectivity index (χ3v) is 6.32. The highest BCUT2D eigenvalue weighted by Crippen LogP contribution is 2.25. The van der Waals surface area contributed by atoms with Gasteiger partial charge in [-0.2, -0.15) is 0 Å². The van der Waals surface area contributed by atoms with E-state index in [0.717, 1.165) is 24.1 Å². The number of carbonyl (C=O) groups is 1. The number of aryl methyl sites for hydroxylation is 2. The lowest BCUT2D eigenvalue weighted by molar-refractivity contribution is 0.0947. The molecule has 0 radical (unpaired) electrons. The van der Waals surface area contributed by atoms with Gasteiger partial charge >= 0.3 is 0 Å². The molecule has 4 aromatic rings. The van der Waals surface area contributed by atoms with E-state index < -0.39 is 0 Å². The van der Waals surface area contributed by atoms with Crippen molar-refractivity contribution < 1.29 is 4.79 Å². The molecular weight excluding hydrogens is 456 g/mol. The van der Waals surface area contributed by atoms with Crippen LogP contribution in [0.1, 0.15) is 33.7 Å². The molecule has 0 spiro atoms. The summed E-state index contributed by atoms with van der Waals surface area (Å²) in [4.78, 5) is 21.5. The normalized spacial score (nSPS) is 10.8. The molecular formula is C24H23ClN6OS. The Morgan fingerprint density at radius 3 is 2.64 bits per heavy atom. The van der Waals surface area contributed by atoms with Crippen LogP contribution in [-0.4, -0.2) is 37.4 Å². The molecule has 0 bridgehead atoms. The number of nitrogens with one attached hydrogen (secondary N) is 1. The number of halogens is 1. The molecule has 0 saturated carbocycles. The molecule has 0 aliphatic rings. The van der Waals surface area contributed by atoms with Gasteiger partial charge < -0.3 is 5.32 Å². The monoisotopic (exact) mass is 478 g/mol. The summed E-state index contributed by atoms with van der Waals surface area (Å²) < 4.78 is 1.65. The predicted molar refractivity (Wildman–Crippen MR) is 130 cm³/mol. The smallest absolute Gasteiger partial charge is 0.273 e. The summed E-state index contributed by atoms with van der Waals surface area (Å²) in [6.07, 6.45) is 5.10. The molecule has 0 aliphatic heterocycles. The average Bonchev–Trinajstić information content (AvgIpc) is 3.27. The number of benzene rings is 2. The van der Waals surface area contributed by atoms with E-state index in [-0.39, 0.29) is 11.6 Å². The van der Waals surface area contributed by atoms with Crippen molar-refractivity contribution in [1.82, 2.24) is 30.3 Å². The molecule has 0 aliphatic carbocycles. The quantitative estimate of drug-likeness (QED) is 0.214. The maximum atomic E-state index is 13.0. The van der Waals surface area contributed by atoms with Gasteiger partial charge in [-0.3, -0.25) is 4.79 Å². The molecule has 0 fully saturated rings. The lowest BCUT2D eigenvalue weighted by Crippen LogP contribution is -2.26. The Morgan fingerprint density at radius 1 is 1.09 bits per heavy atom. The number of amides is 1. The molecule has 2 heterocycles. The number of aromatic nitrogens is 5. The highest BCUT2D eigenvalue weighted by atomic mass is 35.5. The Kier molecular flexibility index (Phi) is 7.70. The van der Waals surface area contributed by atoms with Crippen molar-refractivity contribution in [1.29, 1.82) is 0 Å². The van der Waals surface area contributed by atoms with E-state index in [0.29, 0.717) is 28.2 Å². The summed E-state index contributed by atoms with van der Waals surface area (Å²) in [7, 11) is 0. The van der Waals surface area contributed by atoms with Gasteiger partial charge in [0.1, 0.15) is 0 Å². The Bertz CT molecular complexity index is 1220. The van der Waals surface area contributed by atoms with Crippen LogP contribution in [0.4, 0.5) is 0 Å². The molecule has 0 atom stereocenters. The van der Waals surface area contributed by atoms with Gasteiger partial charge in [0.15, 0.2) is 10.9 Å². The van der Waals surface area contributed by atoms with Crippen LogP contribution < -0.4 is 5.32 Å². The largest absolute Gasteiger partial charge is 0.351 e. The molecule has 9 heteroatoms. The zero-order valence-corrected chi connectivity index (χ0v) is 19.7. The van der Waals surface area contributed by atoms with E-state index in [9.17, 15) is 4.79 Å². The first kappa shape index (κ1) is 22.9. The summed E-state index contributed by atoms with van der Waals surface area (Å²) in [6.45, 7) is 2.48. The van der Waals surface area contributed by atoms with Crippen molar-refractivity contribution in [2.45, 2.75) is 30.7 Å². The number of hydrogen-bond donors (Lipinski definition) is 1. The van der Waals surface area contributed by atoms with Gasteiger partial charge in [-0.15, -0.1) is 5.10 Å². The zero-order valence-electron chi connectivity index (χ0n) is 18.1. The van der Waals surface area contributed by atoms with Crippen molar-refractivity contribution in [2.75, 3.05) is 6.54 Å². The van der Waals surface area contributed by atoms with Crippen molar-refractivity contribution >= 4 is 29.3 Å². The third-order valence-electron chi connectivity index (χ3n) is 5.03. The average molecular weight is 479 g/mol. The highest BCUT2D eigenvalue weighted by Gasteiger charge is 2.21. The molecule has 7 nitrogen and oxygen atoms in total. The number of carbonyl (C=O) groups excluding carboxylic acids is 1. The maximum Gasteiger partial charge on any atom is 0.273 e. The second-order valence-electron chi connectivity index (χ2n) is 7.40. The summed E-state index contributed by atoms with van der Waals surface area (Å²) in [5.41, 5.74) is 3.90. The maximum absolute atomic E-state index is 13.0. The van der Waals surface area contributed by atoms with Gasteiger partial charge in [0, 0.05) is 29.7 Å². The second kappa shape index (κ2) is 11.1. The third kappa shape index (κ3) is 5.97. The van der Waals surface area contributed by atoms with Crippen LogP contribution in [0.15, 0.2) is 72.1 Å². The summed E-state index contributed by atoms with van der Waals surface area (Å²) in [5, 5.41) is 12.7.